The highest BCUT2D eigenvalue weighted by Crippen LogP contribution is 2.42. The average molecular weight is 455 g/mol. The van der Waals surface area contributed by atoms with E-state index < -0.39 is 0 Å². The van der Waals surface area contributed by atoms with E-state index >= 15 is 0 Å². The zero-order valence-corrected chi connectivity index (χ0v) is 19.7. The Labute approximate surface area is 200 Å². The van der Waals surface area contributed by atoms with E-state index in [0.717, 1.165) is 49.3 Å². The Balaban J connectivity index is 1.31. The van der Waals surface area contributed by atoms with Gasteiger partial charge in [0.15, 0.2) is 0 Å². The molecule has 0 amide bonds. The van der Waals surface area contributed by atoms with Gasteiger partial charge in [0, 0.05) is 68.8 Å². The molecular weight excluding hydrogens is 424 g/mol. The highest BCUT2D eigenvalue weighted by molar-refractivity contribution is 5.95. The summed E-state index contributed by atoms with van der Waals surface area (Å²) < 4.78 is 5.56. The molecule has 3 aliphatic rings. The molecule has 2 fully saturated rings. The number of piperazine rings is 1. The van der Waals surface area contributed by atoms with Crippen LogP contribution in [0.5, 0.6) is 0 Å². The number of pyridine rings is 1. The minimum atomic E-state index is 0.0508. The summed E-state index contributed by atoms with van der Waals surface area (Å²) >= 11 is 0. The number of benzene rings is 2. The Hall–Kier alpha value is -3.18. The van der Waals surface area contributed by atoms with E-state index in [-0.39, 0.29) is 12.1 Å². The van der Waals surface area contributed by atoms with E-state index in [2.05, 4.69) is 63.0 Å². The van der Waals surface area contributed by atoms with Gasteiger partial charge in [-0.25, -0.2) is 0 Å². The molecule has 174 valence electrons. The normalized spacial score (nSPS) is 26.5. The third-order valence-electron chi connectivity index (χ3n) is 7.87. The second-order valence-electron chi connectivity index (χ2n) is 9.81. The lowest BCUT2D eigenvalue weighted by molar-refractivity contribution is 0.108. The second-order valence-corrected chi connectivity index (χ2v) is 9.81. The number of anilines is 2. The van der Waals surface area contributed by atoms with Crippen molar-refractivity contribution >= 4 is 22.3 Å². The molecule has 0 saturated carbocycles. The van der Waals surface area contributed by atoms with E-state index in [1.165, 1.54) is 16.8 Å². The Morgan fingerprint density at radius 3 is 2.76 bits per heavy atom. The van der Waals surface area contributed by atoms with Crippen molar-refractivity contribution in [2.45, 2.75) is 37.7 Å². The van der Waals surface area contributed by atoms with Gasteiger partial charge >= 0.3 is 0 Å². The molecule has 0 radical (unpaired) electrons. The lowest BCUT2D eigenvalue weighted by atomic mass is 9.99. The third-order valence-corrected chi connectivity index (χ3v) is 7.87. The van der Waals surface area contributed by atoms with Crippen molar-refractivity contribution < 1.29 is 4.74 Å². The molecule has 6 rings (SSSR count). The number of aromatic nitrogens is 1. The third kappa shape index (κ3) is 3.33. The molecule has 0 spiro atoms. The van der Waals surface area contributed by atoms with Crippen LogP contribution in [0.4, 0.5) is 11.4 Å². The smallest absolute Gasteiger partial charge is 0.101 e. The predicted molar refractivity (Wildman–Crippen MR) is 134 cm³/mol. The molecule has 2 saturated heterocycles. The number of nitrogens with zero attached hydrogens (tertiary/aromatic N) is 5. The second kappa shape index (κ2) is 8.24. The monoisotopic (exact) mass is 454 g/mol. The highest BCUT2D eigenvalue weighted by Gasteiger charge is 2.40. The Bertz CT molecular complexity index is 1290. The van der Waals surface area contributed by atoms with Gasteiger partial charge in [-0.15, -0.1) is 0 Å². The zero-order chi connectivity index (χ0) is 23.4. The zero-order valence-electron chi connectivity index (χ0n) is 19.7. The SMILES string of the molecule is CO[C@H]1CN(c2ccc3c(c2)CN2C(C)CN(c4ccc(C#N)c5ncccc45)C[C@H]32)C[C@@H]1N. The standard InChI is InChI=1S/C27H30N6O/c1-17-12-32(24-8-5-18(11-28)27-22(24)4-3-9-30-27)15-25-21-7-6-20(10-19(21)13-33(17)25)31-14-23(29)26(16-31)34-2/h3-10,17,23,25-26H,12-16,29H2,1-2H3/t17?,23-,25+,26-/m0/s1. The van der Waals surface area contributed by atoms with Crippen LogP contribution in [-0.2, 0) is 11.3 Å². The molecule has 3 aromatic rings. The maximum Gasteiger partial charge on any atom is 0.101 e. The van der Waals surface area contributed by atoms with Gasteiger partial charge in [0.05, 0.1) is 29.3 Å². The molecule has 4 heterocycles. The summed E-state index contributed by atoms with van der Waals surface area (Å²) in [5, 5.41) is 10.6. The number of methoxy groups -OCH3 is 1. The number of nitriles is 1. The fraction of sp³-hybridized carbons (Fsp3) is 0.407. The summed E-state index contributed by atoms with van der Waals surface area (Å²) in [5.41, 5.74) is 12.9. The number of hydrogen-bond donors (Lipinski definition) is 1. The van der Waals surface area contributed by atoms with Gasteiger partial charge < -0.3 is 20.3 Å². The maximum absolute atomic E-state index is 9.53. The van der Waals surface area contributed by atoms with E-state index in [4.69, 9.17) is 10.5 Å². The minimum Gasteiger partial charge on any atom is -0.378 e. The van der Waals surface area contributed by atoms with E-state index in [1.54, 1.807) is 13.3 Å². The number of hydrogen-bond acceptors (Lipinski definition) is 7. The first-order valence-corrected chi connectivity index (χ1v) is 12.0. The van der Waals surface area contributed by atoms with Gasteiger partial charge in [0.1, 0.15) is 6.07 Å². The van der Waals surface area contributed by atoms with Crippen molar-refractivity contribution in [2.24, 2.45) is 5.73 Å². The highest BCUT2D eigenvalue weighted by atomic mass is 16.5. The van der Waals surface area contributed by atoms with Gasteiger partial charge in [-0.05, 0) is 54.4 Å². The first-order valence-electron chi connectivity index (χ1n) is 12.0. The molecule has 34 heavy (non-hydrogen) atoms. The Kier molecular flexibility index (Phi) is 5.18. The summed E-state index contributed by atoms with van der Waals surface area (Å²) in [6.45, 7) is 6.84. The predicted octanol–water partition coefficient (Wildman–Crippen LogP) is 3.03. The summed E-state index contributed by atoms with van der Waals surface area (Å²) in [4.78, 5) is 12.0. The van der Waals surface area contributed by atoms with Crippen LogP contribution in [-0.4, -0.2) is 61.4 Å². The number of rotatable bonds is 3. The van der Waals surface area contributed by atoms with Crippen molar-refractivity contribution in [2.75, 3.05) is 43.1 Å². The van der Waals surface area contributed by atoms with E-state index in [9.17, 15) is 5.26 Å². The van der Waals surface area contributed by atoms with Crippen LogP contribution in [0.25, 0.3) is 10.9 Å². The van der Waals surface area contributed by atoms with Crippen LogP contribution in [0.2, 0.25) is 0 Å². The van der Waals surface area contributed by atoms with Gasteiger partial charge in [-0.1, -0.05) is 6.07 Å². The van der Waals surface area contributed by atoms with Crippen molar-refractivity contribution in [3.8, 4) is 6.07 Å². The molecule has 3 aliphatic heterocycles. The van der Waals surface area contributed by atoms with E-state index in [0.29, 0.717) is 17.6 Å². The first kappa shape index (κ1) is 21.4. The van der Waals surface area contributed by atoms with Crippen LogP contribution >= 0.6 is 0 Å². The van der Waals surface area contributed by atoms with Gasteiger partial charge in [0.25, 0.3) is 0 Å². The topological polar surface area (TPSA) is 81.7 Å². The molecule has 2 N–H and O–H groups in total. The van der Waals surface area contributed by atoms with E-state index in [1.807, 2.05) is 12.1 Å². The van der Waals surface area contributed by atoms with Crippen molar-refractivity contribution in [3.63, 3.8) is 0 Å². The Morgan fingerprint density at radius 2 is 1.97 bits per heavy atom. The Morgan fingerprint density at radius 1 is 1.09 bits per heavy atom. The van der Waals surface area contributed by atoms with Crippen LogP contribution in [0.3, 0.4) is 0 Å². The molecule has 0 bridgehead atoms. The van der Waals surface area contributed by atoms with Crippen LogP contribution in [0, 0.1) is 11.3 Å². The molecular formula is C27H30N6O. The molecule has 7 heteroatoms. The molecule has 2 aromatic carbocycles. The fourth-order valence-corrected chi connectivity index (χ4v) is 6.09. The lowest BCUT2D eigenvalue weighted by Gasteiger charge is -2.43. The molecule has 1 aromatic heterocycles. The summed E-state index contributed by atoms with van der Waals surface area (Å²) in [6, 6.07) is 18.1. The lowest BCUT2D eigenvalue weighted by Crippen LogP contribution is -2.51. The summed E-state index contributed by atoms with van der Waals surface area (Å²) in [5.74, 6) is 0. The molecule has 1 unspecified atom stereocenters. The largest absolute Gasteiger partial charge is 0.378 e. The van der Waals surface area contributed by atoms with Gasteiger partial charge in [-0.3, -0.25) is 9.88 Å². The van der Waals surface area contributed by atoms with Gasteiger partial charge in [-0.2, -0.15) is 5.26 Å². The van der Waals surface area contributed by atoms with Crippen molar-refractivity contribution in [1.82, 2.24) is 9.88 Å². The number of nitrogens with two attached hydrogens (primary N) is 1. The minimum absolute atomic E-state index is 0.0508. The number of fused-ring (bicyclic) bond motifs is 4. The average Bonchev–Trinajstić information content (AvgIpc) is 3.43. The van der Waals surface area contributed by atoms with Crippen LogP contribution in [0.15, 0.2) is 48.7 Å². The van der Waals surface area contributed by atoms with Gasteiger partial charge in [0.2, 0.25) is 0 Å². The fourth-order valence-electron chi connectivity index (χ4n) is 6.09. The van der Waals surface area contributed by atoms with Crippen molar-refractivity contribution in [3.05, 3.63) is 65.4 Å². The summed E-state index contributed by atoms with van der Waals surface area (Å²) in [6.07, 6.45) is 1.85. The summed E-state index contributed by atoms with van der Waals surface area (Å²) in [7, 11) is 1.75. The molecule has 7 nitrogen and oxygen atoms in total. The maximum atomic E-state index is 9.53. The van der Waals surface area contributed by atoms with Crippen LogP contribution < -0.4 is 15.5 Å². The molecule has 0 aliphatic carbocycles. The van der Waals surface area contributed by atoms with Crippen molar-refractivity contribution in [1.29, 1.82) is 5.26 Å². The molecule has 4 atom stereocenters. The number of ether oxygens (including phenoxy) is 1. The quantitative estimate of drug-likeness (QED) is 0.651. The van der Waals surface area contributed by atoms with Crippen LogP contribution in [0.1, 0.15) is 29.7 Å². The first-order chi connectivity index (χ1) is 16.6.